The molecule has 1 aromatic heterocycles. The number of anilines is 1. The second-order valence-corrected chi connectivity index (χ2v) is 4.44. The lowest BCUT2D eigenvalue weighted by atomic mass is 10.1. The smallest absolute Gasteiger partial charge is 0.181 e. The van der Waals surface area contributed by atoms with Gasteiger partial charge in [0.2, 0.25) is 0 Å². The molecule has 20 heavy (non-hydrogen) atoms. The molecule has 0 fully saturated rings. The average Bonchev–Trinajstić information content (AvgIpc) is 2.49. The summed E-state index contributed by atoms with van der Waals surface area (Å²) in [6, 6.07) is 13.7. The van der Waals surface area contributed by atoms with Gasteiger partial charge in [0.1, 0.15) is 0 Å². The van der Waals surface area contributed by atoms with Crippen LogP contribution in [0.4, 0.5) is 14.5 Å². The van der Waals surface area contributed by atoms with E-state index in [1.54, 1.807) is 6.20 Å². The van der Waals surface area contributed by atoms with Crippen molar-refractivity contribution < 1.29 is 8.78 Å². The van der Waals surface area contributed by atoms with Crippen LogP contribution < -0.4 is 5.32 Å². The summed E-state index contributed by atoms with van der Waals surface area (Å²) in [5, 5.41) is 3.92. The van der Waals surface area contributed by atoms with Crippen molar-refractivity contribution in [3.05, 3.63) is 71.9 Å². The van der Waals surface area contributed by atoms with Crippen LogP contribution in [0.15, 0.2) is 54.7 Å². The largest absolute Gasteiger partial charge is 0.378 e. The summed E-state index contributed by atoms with van der Waals surface area (Å²) in [4.78, 5) is 4.27. The number of pyridine rings is 1. The van der Waals surface area contributed by atoms with Crippen LogP contribution in [0.25, 0.3) is 10.9 Å². The van der Waals surface area contributed by atoms with E-state index < -0.39 is 11.6 Å². The Morgan fingerprint density at radius 1 is 0.950 bits per heavy atom. The molecule has 1 N–H and O–H groups in total. The highest BCUT2D eigenvalue weighted by atomic mass is 19.2. The lowest BCUT2D eigenvalue weighted by Crippen LogP contribution is -2.03. The molecule has 2 nitrogen and oxygen atoms in total. The van der Waals surface area contributed by atoms with E-state index in [1.807, 2.05) is 30.3 Å². The molecule has 3 aromatic rings. The highest BCUT2D eigenvalue weighted by molar-refractivity contribution is 5.82. The molecule has 4 heteroatoms. The molecule has 0 saturated heterocycles. The summed E-state index contributed by atoms with van der Waals surface area (Å²) >= 11 is 0. The average molecular weight is 270 g/mol. The molecule has 0 radical (unpaired) electrons. The highest BCUT2D eigenvalue weighted by Gasteiger charge is 2.07. The maximum atomic E-state index is 13.6. The van der Waals surface area contributed by atoms with Gasteiger partial charge in [-0.2, -0.15) is 0 Å². The Labute approximate surface area is 115 Å². The lowest BCUT2D eigenvalue weighted by Gasteiger charge is -2.10. The predicted molar refractivity (Wildman–Crippen MR) is 75.4 cm³/mol. The van der Waals surface area contributed by atoms with Crippen molar-refractivity contribution in [2.24, 2.45) is 0 Å². The third-order valence-corrected chi connectivity index (χ3v) is 3.16. The van der Waals surface area contributed by atoms with Crippen LogP contribution >= 0.6 is 0 Å². The Morgan fingerprint density at radius 2 is 1.80 bits per heavy atom. The van der Waals surface area contributed by atoms with Gasteiger partial charge in [0, 0.05) is 18.1 Å². The van der Waals surface area contributed by atoms with Gasteiger partial charge in [-0.3, -0.25) is 4.98 Å². The molecule has 0 aliphatic heterocycles. The number of hydrogen-bond acceptors (Lipinski definition) is 2. The van der Waals surface area contributed by atoms with Crippen molar-refractivity contribution in [1.82, 2.24) is 4.98 Å². The number of para-hydroxylation sites is 1. The van der Waals surface area contributed by atoms with Crippen molar-refractivity contribution in [3.8, 4) is 0 Å². The van der Waals surface area contributed by atoms with Crippen molar-refractivity contribution in [3.63, 3.8) is 0 Å². The number of benzene rings is 2. The molecule has 0 unspecified atom stereocenters. The minimum atomic E-state index is -0.856. The summed E-state index contributed by atoms with van der Waals surface area (Å²) in [7, 11) is 0. The second kappa shape index (κ2) is 5.25. The van der Waals surface area contributed by atoms with Gasteiger partial charge < -0.3 is 5.32 Å². The molecule has 0 atom stereocenters. The van der Waals surface area contributed by atoms with Crippen LogP contribution in [0.2, 0.25) is 0 Å². The number of nitrogens with zero attached hydrogens (tertiary/aromatic N) is 1. The van der Waals surface area contributed by atoms with Crippen LogP contribution in [0, 0.1) is 11.6 Å². The zero-order valence-electron chi connectivity index (χ0n) is 10.6. The summed E-state index contributed by atoms with van der Waals surface area (Å²) in [5.41, 5.74) is 2.02. The van der Waals surface area contributed by atoms with Gasteiger partial charge in [-0.25, -0.2) is 8.78 Å². The van der Waals surface area contributed by atoms with Gasteiger partial charge >= 0.3 is 0 Å². The fourth-order valence-corrected chi connectivity index (χ4v) is 2.14. The van der Waals surface area contributed by atoms with E-state index in [0.29, 0.717) is 6.54 Å². The van der Waals surface area contributed by atoms with Crippen molar-refractivity contribution in [1.29, 1.82) is 0 Å². The molecule has 0 saturated carbocycles. The summed E-state index contributed by atoms with van der Waals surface area (Å²) in [6.45, 7) is 0.406. The lowest BCUT2D eigenvalue weighted by molar-refractivity contribution is 0.511. The molecule has 0 aliphatic carbocycles. The van der Waals surface area contributed by atoms with E-state index in [0.717, 1.165) is 22.5 Å². The van der Waals surface area contributed by atoms with E-state index >= 15 is 0 Å². The summed E-state index contributed by atoms with van der Waals surface area (Å²) in [5.74, 6) is -1.71. The predicted octanol–water partition coefficient (Wildman–Crippen LogP) is 4.13. The third-order valence-electron chi connectivity index (χ3n) is 3.16. The Balaban J connectivity index is 1.89. The van der Waals surface area contributed by atoms with Gasteiger partial charge in [-0.15, -0.1) is 0 Å². The van der Waals surface area contributed by atoms with E-state index in [1.165, 1.54) is 12.1 Å². The van der Waals surface area contributed by atoms with E-state index in [-0.39, 0.29) is 5.69 Å². The summed E-state index contributed by atoms with van der Waals surface area (Å²) < 4.78 is 26.7. The number of halogens is 2. The number of rotatable bonds is 3. The quantitative estimate of drug-likeness (QED) is 0.774. The Bertz CT molecular complexity index is 751. The van der Waals surface area contributed by atoms with Crippen LogP contribution in [0.5, 0.6) is 0 Å². The maximum absolute atomic E-state index is 13.6. The van der Waals surface area contributed by atoms with Crippen molar-refractivity contribution >= 4 is 16.6 Å². The molecule has 3 rings (SSSR count). The normalized spacial score (nSPS) is 10.7. The van der Waals surface area contributed by atoms with Crippen molar-refractivity contribution in [2.75, 3.05) is 5.32 Å². The zero-order chi connectivity index (χ0) is 13.9. The molecule has 0 aliphatic rings. The minimum absolute atomic E-state index is 0.158. The molecule has 0 spiro atoms. The van der Waals surface area contributed by atoms with Gasteiger partial charge in [-0.05, 0) is 29.8 Å². The van der Waals surface area contributed by atoms with Crippen LogP contribution in [-0.2, 0) is 6.54 Å². The monoisotopic (exact) mass is 270 g/mol. The van der Waals surface area contributed by atoms with Gasteiger partial charge in [0.15, 0.2) is 11.6 Å². The SMILES string of the molecule is Fc1cccc(NCc2ccnc3ccccc23)c1F. The number of fused-ring (bicyclic) bond motifs is 1. The topological polar surface area (TPSA) is 24.9 Å². The molecule has 2 aromatic carbocycles. The van der Waals surface area contributed by atoms with E-state index in [2.05, 4.69) is 10.3 Å². The fraction of sp³-hybridized carbons (Fsp3) is 0.0625. The first-order chi connectivity index (χ1) is 9.75. The fourth-order valence-electron chi connectivity index (χ4n) is 2.14. The minimum Gasteiger partial charge on any atom is -0.378 e. The molecule has 100 valence electrons. The second-order valence-electron chi connectivity index (χ2n) is 4.44. The first-order valence-corrected chi connectivity index (χ1v) is 6.26. The van der Waals surface area contributed by atoms with Gasteiger partial charge in [0.05, 0.1) is 11.2 Å². The number of aromatic nitrogens is 1. The molecule has 1 heterocycles. The first-order valence-electron chi connectivity index (χ1n) is 6.26. The molecule has 0 bridgehead atoms. The van der Waals surface area contributed by atoms with Gasteiger partial charge in [-0.1, -0.05) is 24.3 Å². The Hall–Kier alpha value is -2.49. The maximum Gasteiger partial charge on any atom is 0.181 e. The highest BCUT2D eigenvalue weighted by Crippen LogP contribution is 2.20. The number of nitrogens with one attached hydrogen (secondary N) is 1. The number of hydrogen-bond donors (Lipinski definition) is 1. The third kappa shape index (κ3) is 2.32. The summed E-state index contributed by atoms with van der Waals surface area (Å²) in [6.07, 6.45) is 1.71. The van der Waals surface area contributed by atoms with Crippen LogP contribution in [0.3, 0.4) is 0 Å². The van der Waals surface area contributed by atoms with E-state index in [4.69, 9.17) is 0 Å². The van der Waals surface area contributed by atoms with Crippen LogP contribution in [0.1, 0.15) is 5.56 Å². The first kappa shape index (κ1) is 12.5. The standard InChI is InChI=1S/C16H12F2N2/c17-13-5-3-7-15(16(13)18)20-10-11-8-9-19-14-6-2-1-4-12(11)14/h1-9,20H,10H2. The Kier molecular flexibility index (Phi) is 3.29. The van der Waals surface area contributed by atoms with Crippen LogP contribution in [-0.4, -0.2) is 4.98 Å². The molecular weight excluding hydrogens is 258 g/mol. The molecule has 0 amide bonds. The zero-order valence-corrected chi connectivity index (χ0v) is 10.6. The van der Waals surface area contributed by atoms with Gasteiger partial charge in [0.25, 0.3) is 0 Å². The van der Waals surface area contributed by atoms with E-state index in [9.17, 15) is 8.78 Å². The van der Waals surface area contributed by atoms with Crippen molar-refractivity contribution in [2.45, 2.75) is 6.54 Å². The molecular formula is C16H12F2N2. The Morgan fingerprint density at radius 3 is 2.70 bits per heavy atom.